The van der Waals surface area contributed by atoms with E-state index in [-0.39, 0.29) is 0 Å². The summed E-state index contributed by atoms with van der Waals surface area (Å²) in [6.07, 6.45) is 12.0. The third-order valence-corrected chi connectivity index (χ3v) is 5.50. The van der Waals surface area contributed by atoms with Gasteiger partial charge in [-0.3, -0.25) is 9.97 Å². The van der Waals surface area contributed by atoms with Gasteiger partial charge in [-0.1, -0.05) is 36.4 Å². The van der Waals surface area contributed by atoms with E-state index in [9.17, 15) is 0 Å². The van der Waals surface area contributed by atoms with E-state index in [2.05, 4.69) is 82.2 Å². The first-order valence-electron chi connectivity index (χ1n) is 10.6. The second kappa shape index (κ2) is 8.41. The number of hydrogen-bond donors (Lipinski definition) is 0. The molecule has 0 aliphatic heterocycles. The van der Waals surface area contributed by atoms with E-state index < -0.39 is 0 Å². The highest BCUT2D eigenvalue weighted by atomic mass is 15.0. The molecule has 0 radical (unpaired) electrons. The summed E-state index contributed by atoms with van der Waals surface area (Å²) in [6, 6.07) is 25.2. The zero-order valence-electron chi connectivity index (χ0n) is 17.4. The van der Waals surface area contributed by atoms with Crippen LogP contribution >= 0.6 is 0 Å². The second-order valence-corrected chi connectivity index (χ2v) is 7.47. The van der Waals surface area contributed by atoms with Crippen LogP contribution in [0.5, 0.6) is 0 Å². The van der Waals surface area contributed by atoms with Gasteiger partial charge in [0.15, 0.2) is 0 Å². The molecule has 0 saturated heterocycles. The van der Waals surface area contributed by atoms with Crippen molar-refractivity contribution in [2.45, 2.75) is 13.5 Å². The number of hydrogen-bond acceptors (Lipinski definition) is 2. The molecular weight excluding hydrogens is 378 g/mol. The van der Waals surface area contributed by atoms with E-state index in [1.807, 2.05) is 48.8 Å². The lowest BCUT2D eigenvalue weighted by atomic mass is 10.1. The minimum Gasteiger partial charge on any atom is -0.341 e. The van der Waals surface area contributed by atoms with Crippen molar-refractivity contribution in [3.8, 4) is 0 Å². The van der Waals surface area contributed by atoms with Crippen LogP contribution in [0.1, 0.15) is 29.4 Å². The smallest absolute Gasteiger partial charge is 0.0629 e. The molecule has 3 aromatic heterocycles. The van der Waals surface area contributed by atoms with Crippen molar-refractivity contribution in [3.05, 3.63) is 108 Å². The maximum absolute atomic E-state index is 4.38. The second-order valence-electron chi connectivity index (χ2n) is 7.47. The number of pyridine rings is 2. The third kappa shape index (κ3) is 3.90. The lowest BCUT2D eigenvalue weighted by Gasteiger charge is -2.03. The van der Waals surface area contributed by atoms with Crippen molar-refractivity contribution in [2.75, 3.05) is 0 Å². The Balaban J connectivity index is 1.58. The minimum absolute atomic E-state index is 0.937. The number of nitrogens with zero attached hydrogens (tertiary/aromatic N) is 3. The summed E-state index contributed by atoms with van der Waals surface area (Å²) in [5, 5.41) is 2.54. The SMILES string of the molecule is CCn1c2ccc(/C=C/c3ccccn3)cc2c2cc(/C=C/c3ccccn3)ccc21. The molecule has 5 aromatic rings. The summed E-state index contributed by atoms with van der Waals surface area (Å²) in [6.45, 7) is 3.13. The fraction of sp³-hybridized carbons (Fsp3) is 0.0714. The summed E-state index contributed by atoms with van der Waals surface area (Å²) in [4.78, 5) is 8.75. The minimum atomic E-state index is 0.937. The summed E-state index contributed by atoms with van der Waals surface area (Å²) in [5.74, 6) is 0. The Morgan fingerprint density at radius 2 is 1.16 bits per heavy atom. The van der Waals surface area contributed by atoms with E-state index in [0.717, 1.165) is 17.9 Å². The first-order chi connectivity index (χ1) is 15.3. The van der Waals surface area contributed by atoms with Crippen molar-refractivity contribution in [1.82, 2.24) is 14.5 Å². The topological polar surface area (TPSA) is 30.7 Å². The van der Waals surface area contributed by atoms with Gasteiger partial charge in [-0.2, -0.15) is 0 Å². The summed E-state index contributed by atoms with van der Waals surface area (Å²) >= 11 is 0. The van der Waals surface area contributed by atoms with Gasteiger partial charge in [0, 0.05) is 40.7 Å². The Morgan fingerprint density at radius 3 is 1.58 bits per heavy atom. The van der Waals surface area contributed by atoms with Crippen LogP contribution in [0.2, 0.25) is 0 Å². The molecule has 0 amide bonds. The van der Waals surface area contributed by atoms with Crippen LogP contribution in [-0.4, -0.2) is 14.5 Å². The molecule has 31 heavy (non-hydrogen) atoms. The molecule has 3 heteroatoms. The molecular formula is C28H23N3. The third-order valence-electron chi connectivity index (χ3n) is 5.50. The molecule has 150 valence electrons. The molecule has 3 heterocycles. The highest BCUT2D eigenvalue weighted by molar-refractivity contribution is 6.09. The molecule has 5 rings (SSSR count). The molecule has 0 aliphatic rings. The first-order valence-corrected chi connectivity index (χ1v) is 10.6. The lowest BCUT2D eigenvalue weighted by Crippen LogP contribution is -1.92. The van der Waals surface area contributed by atoms with Crippen LogP contribution in [0.15, 0.2) is 85.2 Å². The van der Waals surface area contributed by atoms with E-state index in [4.69, 9.17) is 0 Å². The Hall–Kier alpha value is -3.98. The Morgan fingerprint density at radius 1 is 0.645 bits per heavy atom. The molecule has 0 unspecified atom stereocenters. The molecule has 0 fully saturated rings. The van der Waals surface area contributed by atoms with E-state index >= 15 is 0 Å². The number of aryl methyl sites for hydroxylation is 1. The normalized spacial score (nSPS) is 11.9. The van der Waals surface area contributed by atoms with Crippen molar-refractivity contribution >= 4 is 46.1 Å². The van der Waals surface area contributed by atoms with Crippen LogP contribution in [0.3, 0.4) is 0 Å². The Bertz CT molecular complexity index is 1290. The van der Waals surface area contributed by atoms with E-state index in [1.54, 1.807) is 0 Å². The zero-order chi connectivity index (χ0) is 21.0. The van der Waals surface area contributed by atoms with Crippen LogP contribution in [0.4, 0.5) is 0 Å². The maximum atomic E-state index is 4.38. The Labute approximate surface area is 182 Å². The standard InChI is InChI=1S/C28H23N3/c1-2-31-27-15-11-21(9-13-23-7-3-5-17-29-23)19-25(27)26-20-22(12-16-28(26)31)10-14-24-8-4-6-18-30-24/h3-20H,2H2,1H3/b13-9+,14-10+. The quantitative estimate of drug-likeness (QED) is 0.319. The fourth-order valence-electron chi connectivity index (χ4n) is 4.00. The molecule has 0 atom stereocenters. The van der Waals surface area contributed by atoms with Crippen LogP contribution in [0, 0.1) is 0 Å². The monoisotopic (exact) mass is 401 g/mol. The van der Waals surface area contributed by atoms with E-state index in [1.165, 1.54) is 32.9 Å². The molecule has 0 N–H and O–H groups in total. The summed E-state index contributed by atoms with van der Waals surface area (Å²) in [5.41, 5.74) is 6.78. The van der Waals surface area contributed by atoms with Crippen LogP contribution in [-0.2, 0) is 6.54 Å². The predicted octanol–water partition coefficient (Wildman–Crippen LogP) is 6.95. The summed E-state index contributed by atoms with van der Waals surface area (Å²) in [7, 11) is 0. The maximum Gasteiger partial charge on any atom is 0.0629 e. The highest BCUT2D eigenvalue weighted by Gasteiger charge is 2.10. The number of aromatic nitrogens is 3. The average molecular weight is 402 g/mol. The Kier molecular flexibility index (Phi) is 5.16. The molecule has 2 aromatic carbocycles. The highest BCUT2D eigenvalue weighted by Crippen LogP contribution is 2.31. The van der Waals surface area contributed by atoms with Crippen molar-refractivity contribution < 1.29 is 0 Å². The van der Waals surface area contributed by atoms with Crippen LogP contribution in [0.25, 0.3) is 46.1 Å². The van der Waals surface area contributed by atoms with Gasteiger partial charge in [0.05, 0.1) is 11.4 Å². The fourth-order valence-corrected chi connectivity index (χ4v) is 4.00. The number of fused-ring (bicyclic) bond motifs is 3. The molecule has 0 saturated carbocycles. The zero-order valence-corrected chi connectivity index (χ0v) is 17.4. The summed E-state index contributed by atoms with van der Waals surface area (Å²) < 4.78 is 2.38. The molecule has 0 bridgehead atoms. The first kappa shape index (κ1) is 19.0. The predicted molar refractivity (Wildman–Crippen MR) is 131 cm³/mol. The van der Waals surface area contributed by atoms with Gasteiger partial charge < -0.3 is 4.57 Å². The van der Waals surface area contributed by atoms with E-state index in [0.29, 0.717) is 0 Å². The largest absolute Gasteiger partial charge is 0.341 e. The van der Waals surface area contributed by atoms with Gasteiger partial charge in [-0.25, -0.2) is 0 Å². The van der Waals surface area contributed by atoms with Gasteiger partial charge in [-0.05, 0) is 78.7 Å². The van der Waals surface area contributed by atoms with Crippen molar-refractivity contribution in [3.63, 3.8) is 0 Å². The number of benzene rings is 2. The molecule has 0 aliphatic carbocycles. The van der Waals surface area contributed by atoms with Gasteiger partial charge in [0.1, 0.15) is 0 Å². The van der Waals surface area contributed by atoms with Crippen molar-refractivity contribution in [1.29, 1.82) is 0 Å². The van der Waals surface area contributed by atoms with Gasteiger partial charge in [0.2, 0.25) is 0 Å². The molecule has 0 spiro atoms. The molecule has 3 nitrogen and oxygen atoms in total. The van der Waals surface area contributed by atoms with Gasteiger partial charge in [0.25, 0.3) is 0 Å². The lowest BCUT2D eigenvalue weighted by molar-refractivity contribution is 0.827. The average Bonchev–Trinajstić information content (AvgIpc) is 3.15. The van der Waals surface area contributed by atoms with Gasteiger partial charge >= 0.3 is 0 Å². The van der Waals surface area contributed by atoms with Crippen LogP contribution < -0.4 is 0 Å². The number of rotatable bonds is 5. The van der Waals surface area contributed by atoms with Crippen molar-refractivity contribution in [2.24, 2.45) is 0 Å². The van der Waals surface area contributed by atoms with Gasteiger partial charge in [-0.15, -0.1) is 0 Å².